The van der Waals surface area contributed by atoms with Crippen LogP contribution in [0.25, 0.3) is 0 Å². The summed E-state index contributed by atoms with van der Waals surface area (Å²) in [5.74, 6) is 0.770. The van der Waals surface area contributed by atoms with Crippen LogP contribution in [0.4, 0.5) is 0 Å². The smallest absolute Gasteiger partial charge is 0.209 e. The Labute approximate surface area is 122 Å². The highest BCUT2D eigenvalue weighted by atomic mass is 32.2. The Bertz CT molecular complexity index is 529. The maximum Gasteiger partial charge on any atom is 0.209 e. The molecule has 0 aliphatic carbocycles. The van der Waals surface area contributed by atoms with Gasteiger partial charge in [0.05, 0.1) is 12.4 Å². The summed E-state index contributed by atoms with van der Waals surface area (Å²) in [6.45, 7) is 8.46. The van der Waals surface area contributed by atoms with E-state index in [1.807, 2.05) is 27.7 Å². The fraction of sp³-hybridized carbons (Fsp3) is 0.600. The van der Waals surface area contributed by atoms with Crippen LogP contribution in [0.1, 0.15) is 36.5 Å². The highest BCUT2D eigenvalue weighted by Crippen LogP contribution is 2.25. The fourth-order valence-electron chi connectivity index (χ4n) is 2.55. The van der Waals surface area contributed by atoms with Gasteiger partial charge in [-0.3, -0.25) is 0 Å². The minimum atomic E-state index is -3.46. The van der Waals surface area contributed by atoms with Crippen molar-refractivity contribution in [2.75, 3.05) is 12.4 Å². The summed E-state index contributed by atoms with van der Waals surface area (Å²) in [4.78, 5) is 0. The molecule has 0 aliphatic heterocycles. The van der Waals surface area contributed by atoms with Gasteiger partial charge in [-0.25, -0.2) is 13.6 Å². The van der Waals surface area contributed by atoms with E-state index in [2.05, 4.69) is 12.1 Å². The number of benzene rings is 1. The molecule has 0 radical (unpaired) electrons. The molecule has 5 heteroatoms. The molecule has 2 N–H and O–H groups in total. The van der Waals surface area contributed by atoms with Crippen molar-refractivity contribution in [1.29, 1.82) is 0 Å². The van der Waals surface area contributed by atoms with Crippen molar-refractivity contribution in [2.24, 2.45) is 11.1 Å². The standard InChI is InChI=1S/C15H25NO3S/c1-5-6-14(10-20(16,17)18)9-19-15-12(3)7-11(2)8-13(15)4/h7-8,14H,5-6,9-10H2,1-4H3,(H2,16,17,18). The van der Waals surface area contributed by atoms with Crippen molar-refractivity contribution in [3.05, 3.63) is 28.8 Å². The first-order chi connectivity index (χ1) is 9.23. The molecule has 0 saturated heterocycles. The van der Waals surface area contributed by atoms with Gasteiger partial charge >= 0.3 is 0 Å². The van der Waals surface area contributed by atoms with Crippen LogP contribution >= 0.6 is 0 Å². The Morgan fingerprint density at radius 1 is 1.20 bits per heavy atom. The summed E-state index contributed by atoms with van der Waals surface area (Å²) in [5.41, 5.74) is 3.35. The van der Waals surface area contributed by atoms with Gasteiger partial charge in [-0.1, -0.05) is 31.0 Å². The lowest BCUT2D eigenvalue weighted by molar-refractivity contribution is 0.249. The van der Waals surface area contributed by atoms with Crippen molar-refractivity contribution >= 4 is 10.0 Å². The first-order valence-electron chi connectivity index (χ1n) is 6.94. The Morgan fingerprint density at radius 3 is 2.20 bits per heavy atom. The highest BCUT2D eigenvalue weighted by molar-refractivity contribution is 7.89. The van der Waals surface area contributed by atoms with Crippen LogP contribution in [-0.4, -0.2) is 20.8 Å². The van der Waals surface area contributed by atoms with E-state index in [0.29, 0.717) is 6.61 Å². The molecule has 0 heterocycles. The summed E-state index contributed by atoms with van der Waals surface area (Å²) >= 11 is 0. The second-order valence-electron chi connectivity index (χ2n) is 5.52. The summed E-state index contributed by atoms with van der Waals surface area (Å²) in [7, 11) is -3.46. The number of aryl methyl sites for hydroxylation is 3. The van der Waals surface area contributed by atoms with E-state index in [9.17, 15) is 8.42 Å². The predicted octanol–water partition coefficient (Wildman–Crippen LogP) is 2.70. The van der Waals surface area contributed by atoms with E-state index in [0.717, 1.165) is 29.7 Å². The third-order valence-electron chi connectivity index (χ3n) is 3.23. The van der Waals surface area contributed by atoms with Crippen LogP contribution in [0.2, 0.25) is 0 Å². The van der Waals surface area contributed by atoms with Gasteiger partial charge < -0.3 is 4.74 Å². The normalized spacial score (nSPS) is 13.2. The summed E-state index contributed by atoms with van der Waals surface area (Å²) < 4.78 is 28.3. The van der Waals surface area contributed by atoms with Crippen molar-refractivity contribution in [3.63, 3.8) is 0 Å². The van der Waals surface area contributed by atoms with Crippen LogP contribution in [0.3, 0.4) is 0 Å². The van der Waals surface area contributed by atoms with Crippen molar-refractivity contribution < 1.29 is 13.2 Å². The lowest BCUT2D eigenvalue weighted by Gasteiger charge is -2.18. The number of rotatable bonds is 7. The first kappa shape index (κ1) is 17.0. The van der Waals surface area contributed by atoms with Crippen molar-refractivity contribution in [1.82, 2.24) is 0 Å². The zero-order chi connectivity index (χ0) is 15.3. The van der Waals surface area contributed by atoms with E-state index in [1.165, 1.54) is 5.56 Å². The summed E-state index contributed by atoms with van der Waals surface area (Å²) in [6.07, 6.45) is 1.70. The average molecular weight is 299 g/mol. The molecular formula is C15H25NO3S. The number of primary sulfonamides is 1. The van der Waals surface area contributed by atoms with Crippen LogP contribution in [0, 0.1) is 26.7 Å². The van der Waals surface area contributed by atoms with E-state index in [1.54, 1.807) is 0 Å². The largest absolute Gasteiger partial charge is 0.493 e. The lowest BCUT2D eigenvalue weighted by atomic mass is 10.1. The van der Waals surface area contributed by atoms with Crippen LogP contribution in [0.15, 0.2) is 12.1 Å². The molecule has 1 unspecified atom stereocenters. The van der Waals surface area contributed by atoms with Gasteiger partial charge in [0.2, 0.25) is 10.0 Å². The second kappa shape index (κ2) is 7.09. The molecule has 114 valence electrons. The minimum absolute atomic E-state index is 0.0230. The van der Waals surface area contributed by atoms with Crippen LogP contribution < -0.4 is 9.88 Å². The fourth-order valence-corrected chi connectivity index (χ4v) is 3.47. The topological polar surface area (TPSA) is 69.4 Å². The zero-order valence-electron chi connectivity index (χ0n) is 12.8. The molecule has 1 aromatic rings. The molecular weight excluding hydrogens is 274 g/mol. The van der Waals surface area contributed by atoms with E-state index >= 15 is 0 Å². The van der Waals surface area contributed by atoms with Crippen LogP contribution in [0.5, 0.6) is 5.75 Å². The summed E-state index contributed by atoms with van der Waals surface area (Å²) in [5, 5.41) is 5.13. The quantitative estimate of drug-likeness (QED) is 0.841. The highest BCUT2D eigenvalue weighted by Gasteiger charge is 2.17. The van der Waals surface area contributed by atoms with Gasteiger partial charge in [0, 0.05) is 5.92 Å². The molecule has 1 rings (SSSR count). The molecule has 1 atom stereocenters. The SMILES string of the molecule is CCCC(COc1c(C)cc(C)cc1C)CS(N)(=O)=O. The van der Waals surface area contributed by atoms with E-state index in [4.69, 9.17) is 9.88 Å². The van der Waals surface area contributed by atoms with E-state index < -0.39 is 10.0 Å². The molecule has 1 aromatic carbocycles. The van der Waals surface area contributed by atoms with Gasteiger partial charge in [0.1, 0.15) is 5.75 Å². The number of sulfonamides is 1. The second-order valence-corrected chi connectivity index (χ2v) is 7.18. The van der Waals surface area contributed by atoms with Crippen LogP contribution in [-0.2, 0) is 10.0 Å². The monoisotopic (exact) mass is 299 g/mol. The molecule has 0 fully saturated rings. The Balaban J connectivity index is 2.77. The van der Waals surface area contributed by atoms with Gasteiger partial charge in [-0.05, 0) is 38.3 Å². The number of hydrogen-bond donors (Lipinski definition) is 1. The molecule has 4 nitrogen and oxygen atoms in total. The van der Waals surface area contributed by atoms with Gasteiger partial charge in [0.15, 0.2) is 0 Å². The molecule has 0 aliphatic rings. The van der Waals surface area contributed by atoms with Gasteiger partial charge in [0.25, 0.3) is 0 Å². The Kier molecular flexibility index (Phi) is 6.02. The molecule has 0 aromatic heterocycles. The zero-order valence-corrected chi connectivity index (χ0v) is 13.6. The third kappa shape index (κ3) is 5.51. The number of nitrogens with two attached hydrogens (primary N) is 1. The average Bonchev–Trinajstić information content (AvgIpc) is 2.25. The van der Waals surface area contributed by atoms with Crippen molar-refractivity contribution in [3.8, 4) is 5.75 Å². The third-order valence-corrected chi connectivity index (χ3v) is 4.17. The minimum Gasteiger partial charge on any atom is -0.493 e. The summed E-state index contributed by atoms with van der Waals surface area (Å²) in [6, 6.07) is 4.13. The molecule has 20 heavy (non-hydrogen) atoms. The number of hydrogen-bond acceptors (Lipinski definition) is 3. The van der Waals surface area contributed by atoms with Gasteiger partial charge in [-0.15, -0.1) is 0 Å². The number of ether oxygens (including phenoxy) is 1. The first-order valence-corrected chi connectivity index (χ1v) is 8.65. The molecule has 0 amide bonds. The Hall–Kier alpha value is -1.07. The van der Waals surface area contributed by atoms with Crippen molar-refractivity contribution in [2.45, 2.75) is 40.5 Å². The van der Waals surface area contributed by atoms with Gasteiger partial charge in [-0.2, -0.15) is 0 Å². The maximum atomic E-state index is 11.2. The molecule has 0 saturated carbocycles. The maximum absolute atomic E-state index is 11.2. The molecule has 0 bridgehead atoms. The predicted molar refractivity (Wildman–Crippen MR) is 82.5 cm³/mol. The van der Waals surface area contributed by atoms with E-state index in [-0.39, 0.29) is 11.7 Å². The molecule has 0 spiro atoms. The lowest BCUT2D eigenvalue weighted by Crippen LogP contribution is -2.27. The Morgan fingerprint density at radius 2 is 1.75 bits per heavy atom.